The smallest absolute Gasteiger partial charge is 0.191 e. The van der Waals surface area contributed by atoms with Gasteiger partial charge in [0.25, 0.3) is 0 Å². The molecule has 2 aliphatic heterocycles. The van der Waals surface area contributed by atoms with Gasteiger partial charge in [0.2, 0.25) is 0 Å². The zero-order chi connectivity index (χ0) is 19.0. The quantitative estimate of drug-likeness (QED) is 0.809. The highest BCUT2D eigenvalue weighted by molar-refractivity contribution is 8.13. The molecule has 0 spiro atoms. The van der Waals surface area contributed by atoms with Crippen molar-refractivity contribution in [1.82, 2.24) is 4.98 Å². The number of fused-ring (bicyclic) bond motifs is 1. The van der Waals surface area contributed by atoms with Gasteiger partial charge >= 0.3 is 0 Å². The molecule has 1 saturated heterocycles. The van der Waals surface area contributed by atoms with Crippen LogP contribution in [0.3, 0.4) is 0 Å². The zero-order valence-electron chi connectivity index (χ0n) is 14.9. The molecule has 3 heterocycles. The second-order valence-electron chi connectivity index (χ2n) is 6.89. The fourth-order valence-electron chi connectivity index (χ4n) is 3.71. The molecule has 0 amide bonds. The number of halogens is 1. The zero-order valence-corrected chi connectivity index (χ0v) is 15.7. The monoisotopic (exact) mass is 389 g/mol. The van der Waals surface area contributed by atoms with Gasteiger partial charge in [0.05, 0.1) is 6.61 Å². The van der Waals surface area contributed by atoms with Crippen molar-refractivity contribution >= 4 is 22.7 Å². The van der Waals surface area contributed by atoms with Gasteiger partial charge in [0, 0.05) is 37.2 Å². The third kappa shape index (κ3) is 3.39. The van der Waals surface area contributed by atoms with Crippen molar-refractivity contribution in [2.75, 3.05) is 19.0 Å². The molecule has 0 radical (unpaired) electrons. The van der Waals surface area contributed by atoms with Gasteiger partial charge in [-0.1, -0.05) is 17.8 Å². The van der Waals surface area contributed by atoms with Gasteiger partial charge in [0.15, 0.2) is 16.8 Å². The molecule has 2 aliphatic rings. The number of hydrogen-bond acceptors (Lipinski definition) is 7. The minimum absolute atomic E-state index is 0.106. The number of aliphatic imine (C=N–C) groups is 1. The predicted molar refractivity (Wildman–Crippen MR) is 100 cm³/mol. The maximum atomic E-state index is 14.8. The minimum atomic E-state index is -0.832. The highest BCUT2D eigenvalue weighted by atomic mass is 32.2. The number of hydrogen-bond donors (Lipinski definition) is 1. The van der Waals surface area contributed by atoms with Crippen molar-refractivity contribution in [1.29, 1.82) is 0 Å². The summed E-state index contributed by atoms with van der Waals surface area (Å²) in [5.74, 6) is 0.813. The van der Waals surface area contributed by atoms with E-state index in [0.717, 1.165) is 12.2 Å². The number of rotatable bonds is 4. The lowest BCUT2D eigenvalue weighted by molar-refractivity contribution is 0.00298. The van der Waals surface area contributed by atoms with Gasteiger partial charge in [-0.2, -0.15) is 0 Å². The summed E-state index contributed by atoms with van der Waals surface area (Å²) in [5, 5.41) is 0.440. The van der Waals surface area contributed by atoms with Gasteiger partial charge in [-0.3, -0.25) is 4.79 Å². The summed E-state index contributed by atoms with van der Waals surface area (Å²) in [7, 11) is 0. The fourth-order valence-corrected chi connectivity index (χ4v) is 4.75. The second kappa shape index (κ2) is 7.09. The van der Waals surface area contributed by atoms with E-state index in [4.69, 9.17) is 14.9 Å². The summed E-state index contributed by atoms with van der Waals surface area (Å²) in [6, 6.07) is 4.72. The summed E-state index contributed by atoms with van der Waals surface area (Å²) >= 11 is 1.49. The molecule has 27 heavy (non-hydrogen) atoms. The molecule has 1 aromatic heterocycles. The van der Waals surface area contributed by atoms with E-state index in [9.17, 15) is 9.18 Å². The van der Waals surface area contributed by atoms with Crippen LogP contribution in [0.2, 0.25) is 0 Å². The maximum Gasteiger partial charge on any atom is 0.191 e. The second-order valence-corrected chi connectivity index (χ2v) is 7.93. The highest BCUT2D eigenvalue weighted by Gasteiger charge is 2.47. The normalized spacial score (nSPS) is 25.0. The first kappa shape index (κ1) is 18.2. The highest BCUT2D eigenvalue weighted by Crippen LogP contribution is 2.45. The minimum Gasteiger partial charge on any atom is -0.449 e. The Balaban J connectivity index is 1.69. The van der Waals surface area contributed by atoms with Gasteiger partial charge in [0.1, 0.15) is 23.3 Å². The number of Topliss-reactive ketones (excluding diaryl/α,β-unsaturated/α-hetero) is 1. The van der Waals surface area contributed by atoms with Crippen molar-refractivity contribution in [2.45, 2.75) is 25.3 Å². The number of ketones is 1. The van der Waals surface area contributed by atoms with E-state index in [1.165, 1.54) is 24.1 Å². The predicted octanol–water partition coefficient (Wildman–Crippen LogP) is 2.84. The lowest BCUT2D eigenvalue weighted by Gasteiger charge is -2.43. The first-order valence-electron chi connectivity index (χ1n) is 8.78. The van der Waals surface area contributed by atoms with E-state index in [0.29, 0.717) is 28.8 Å². The molecule has 0 unspecified atom stereocenters. The Hall–Kier alpha value is -2.19. The van der Waals surface area contributed by atoms with Crippen LogP contribution in [0.25, 0.3) is 0 Å². The van der Waals surface area contributed by atoms with Crippen LogP contribution in [0.1, 0.15) is 33.9 Å². The van der Waals surface area contributed by atoms with Crippen LogP contribution >= 0.6 is 11.8 Å². The number of ether oxygens (including phenoxy) is 1. The van der Waals surface area contributed by atoms with Gasteiger partial charge in [-0.25, -0.2) is 14.4 Å². The molecule has 8 heteroatoms. The average Bonchev–Trinajstić information content (AvgIpc) is 3.09. The number of amidine groups is 1. The Morgan fingerprint density at radius 3 is 3.11 bits per heavy atom. The van der Waals surface area contributed by atoms with Crippen LogP contribution in [0, 0.1) is 18.7 Å². The molecule has 0 aliphatic carbocycles. The van der Waals surface area contributed by atoms with Crippen LogP contribution in [0.4, 0.5) is 4.39 Å². The van der Waals surface area contributed by atoms with Crippen molar-refractivity contribution in [2.24, 2.45) is 16.6 Å². The van der Waals surface area contributed by atoms with Crippen molar-refractivity contribution in [3.8, 4) is 0 Å². The summed E-state index contributed by atoms with van der Waals surface area (Å²) in [6.45, 7) is 2.60. The Bertz CT molecular complexity index is 913. The molecule has 2 atom stereocenters. The van der Waals surface area contributed by atoms with E-state index in [2.05, 4.69) is 9.98 Å². The first-order chi connectivity index (χ1) is 13.0. The average molecular weight is 389 g/mol. The SMILES string of the molecule is Cc1nc(C(=O)Cc2ccc(F)c([C@]34COCC[C@H]3CSC(N)=N4)c2)co1. The fraction of sp³-hybridized carbons (Fsp3) is 0.421. The van der Waals surface area contributed by atoms with Gasteiger partial charge in [-0.05, 0) is 24.1 Å². The lowest BCUT2D eigenvalue weighted by Crippen LogP contribution is -2.48. The molecule has 0 bridgehead atoms. The Morgan fingerprint density at radius 2 is 2.33 bits per heavy atom. The summed E-state index contributed by atoms with van der Waals surface area (Å²) < 4.78 is 25.6. The largest absolute Gasteiger partial charge is 0.449 e. The molecule has 6 nitrogen and oxygen atoms in total. The molecule has 4 rings (SSSR count). The van der Waals surface area contributed by atoms with Crippen molar-refractivity contribution in [3.63, 3.8) is 0 Å². The third-order valence-corrected chi connectivity index (χ3v) is 6.07. The number of nitrogens with two attached hydrogens (primary N) is 1. The number of thioether (sulfide) groups is 1. The molecule has 0 saturated carbocycles. The topological polar surface area (TPSA) is 90.7 Å². The summed E-state index contributed by atoms with van der Waals surface area (Å²) in [5.41, 5.74) is 6.55. The lowest BCUT2D eigenvalue weighted by atomic mass is 9.76. The van der Waals surface area contributed by atoms with Crippen LogP contribution in [0.15, 0.2) is 33.9 Å². The van der Waals surface area contributed by atoms with E-state index < -0.39 is 5.54 Å². The molecule has 1 fully saturated rings. The standard InChI is InChI=1S/C19H20FN3O3S/c1-11-22-16(8-26-11)17(24)7-12-2-3-15(20)14(6-12)19-10-25-5-4-13(19)9-27-18(21)23-19/h2-3,6,8,13H,4-5,7,9-10H2,1H3,(H2,21,23)/t13-,19-/m0/s1. The number of aryl methyl sites for hydroxylation is 1. The Morgan fingerprint density at radius 1 is 1.48 bits per heavy atom. The van der Waals surface area contributed by atoms with Crippen LogP contribution in [-0.2, 0) is 16.7 Å². The first-order valence-corrected chi connectivity index (χ1v) is 9.76. The number of nitrogens with zero attached hydrogens (tertiary/aromatic N) is 2. The van der Waals surface area contributed by atoms with Crippen LogP contribution in [-0.4, -0.2) is 34.9 Å². The third-order valence-electron chi connectivity index (χ3n) is 5.12. The number of carbonyl (C=O) groups is 1. The number of benzene rings is 1. The number of oxazole rings is 1. The Kier molecular flexibility index (Phi) is 4.77. The van der Waals surface area contributed by atoms with E-state index >= 15 is 0 Å². The van der Waals surface area contributed by atoms with Crippen molar-refractivity contribution < 1.29 is 18.3 Å². The Labute approximate surface area is 160 Å². The summed E-state index contributed by atoms with van der Waals surface area (Å²) in [4.78, 5) is 21.1. The van der Waals surface area contributed by atoms with E-state index in [1.54, 1.807) is 19.1 Å². The number of carbonyl (C=O) groups excluding carboxylic acids is 1. The number of aromatic nitrogens is 1. The maximum absolute atomic E-state index is 14.8. The summed E-state index contributed by atoms with van der Waals surface area (Å²) in [6.07, 6.45) is 2.24. The van der Waals surface area contributed by atoms with E-state index in [-0.39, 0.29) is 36.2 Å². The van der Waals surface area contributed by atoms with Crippen LogP contribution < -0.4 is 5.73 Å². The molecule has 2 aromatic rings. The van der Waals surface area contributed by atoms with Gasteiger partial charge < -0.3 is 14.9 Å². The molecule has 1 aromatic carbocycles. The van der Waals surface area contributed by atoms with E-state index in [1.807, 2.05) is 0 Å². The molecule has 142 valence electrons. The van der Waals surface area contributed by atoms with Crippen molar-refractivity contribution in [3.05, 3.63) is 53.0 Å². The van der Waals surface area contributed by atoms with Crippen LogP contribution in [0.5, 0.6) is 0 Å². The van der Waals surface area contributed by atoms with Gasteiger partial charge in [-0.15, -0.1) is 0 Å². The molecule has 2 N–H and O–H groups in total. The molecular weight excluding hydrogens is 369 g/mol. The molecular formula is C19H20FN3O3S.